The van der Waals surface area contributed by atoms with E-state index < -0.39 is 0 Å². The maximum absolute atomic E-state index is 12.0. The highest BCUT2D eigenvalue weighted by Crippen LogP contribution is 2.35. The molecule has 1 fully saturated rings. The molecule has 0 radical (unpaired) electrons. The minimum Gasteiger partial charge on any atom is -0.350 e. The van der Waals surface area contributed by atoms with Gasteiger partial charge in [0.2, 0.25) is 0 Å². The number of aromatic amines is 1. The number of hydrogen-bond donors (Lipinski definition) is 2. The van der Waals surface area contributed by atoms with Crippen LogP contribution in [0.5, 0.6) is 0 Å². The molecule has 18 heavy (non-hydrogen) atoms. The van der Waals surface area contributed by atoms with Gasteiger partial charge in [0.1, 0.15) is 5.69 Å². The summed E-state index contributed by atoms with van der Waals surface area (Å²) in [6.07, 6.45) is 6.85. The molecule has 2 N–H and O–H groups in total. The summed E-state index contributed by atoms with van der Waals surface area (Å²) in [5, 5.41) is 9.69. The molecule has 94 valence electrons. The number of nitrogens with one attached hydrogen (secondary N) is 2. The molecule has 5 nitrogen and oxygen atoms in total. The second kappa shape index (κ2) is 4.68. The van der Waals surface area contributed by atoms with E-state index in [0.717, 1.165) is 17.8 Å². The minimum absolute atomic E-state index is 0.00594. The number of aromatic nitrogens is 3. The summed E-state index contributed by atoms with van der Waals surface area (Å²) in [5.74, 6) is 0.00594. The first-order valence-electron chi connectivity index (χ1n) is 6.28. The van der Waals surface area contributed by atoms with Crippen LogP contribution < -0.4 is 5.32 Å². The van der Waals surface area contributed by atoms with Crippen molar-refractivity contribution >= 4 is 5.91 Å². The molecule has 2 aromatic rings. The SMILES string of the molecule is O=C(NCCc1ccn[nH]1)c1cccn1C1CC1. The van der Waals surface area contributed by atoms with E-state index in [0.29, 0.717) is 12.6 Å². The second-order valence-electron chi connectivity index (χ2n) is 4.62. The van der Waals surface area contributed by atoms with Crippen LogP contribution in [-0.4, -0.2) is 27.2 Å². The van der Waals surface area contributed by atoms with Crippen LogP contribution in [0.25, 0.3) is 0 Å². The van der Waals surface area contributed by atoms with Crippen molar-refractivity contribution in [3.8, 4) is 0 Å². The summed E-state index contributed by atoms with van der Waals surface area (Å²) >= 11 is 0. The average Bonchev–Trinajstić information content (AvgIpc) is 2.91. The lowest BCUT2D eigenvalue weighted by atomic mass is 10.3. The molecule has 0 saturated heterocycles. The highest BCUT2D eigenvalue weighted by molar-refractivity contribution is 5.92. The van der Waals surface area contributed by atoms with Gasteiger partial charge in [-0.1, -0.05) is 0 Å². The number of hydrogen-bond acceptors (Lipinski definition) is 2. The fourth-order valence-corrected chi connectivity index (χ4v) is 2.08. The predicted octanol–water partition coefficient (Wildman–Crippen LogP) is 1.52. The van der Waals surface area contributed by atoms with Crippen LogP contribution in [0, 0.1) is 0 Å². The van der Waals surface area contributed by atoms with E-state index in [2.05, 4.69) is 20.1 Å². The van der Waals surface area contributed by atoms with Gasteiger partial charge in [-0.25, -0.2) is 0 Å². The molecule has 1 aliphatic carbocycles. The Bertz CT molecular complexity index is 525. The zero-order valence-corrected chi connectivity index (χ0v) is 10.1. The summed E-state index contributed by atoms with van der Waals surface area (Å²) < 4.78 is 2.07. The number of carbonyl (C=O) groups is 1. The molecule has 1 saturated carbocycles. The third-order valence-corrected chi connectivity index (χ3v) is 3.19. The molecular formula is C13H16N4O. The van der Waals surface area contributed by atoms with Crippen molar-refractivity contribution in [3.05, 3.63) is 42.0 Å². The molecule has 0 atom stereocenters. The van der Waals surface area contributed by atoms with E-state index in [1.54, 1.807) is 6.20 Å². The monoisotopic (exact) mass is 244 g/mol. The van der Waals surface area contributed by atoms with Crippen molar-refractivity contribution in [2.75, 3.05) is 6.54 Å². The molecule has 0 aromatic carbocycles. The van der Waals surface area contributed by atoms with Crippen molar-refractivity contribution in [3.63, 3.8) is 0 Å². The maximum atomic E-state index is 12.0. The van der Waals surface area contributed by atoms with Crippen LogP contribution in [0.3, 0.4) is 0 Å². The topological polar surface area (TPSA) is 62.7 Å². The number of rotatable bonds is 5. The Morgan fingerprint density at radius 1 is 1.50 bits per heavy atom. The summed E-state index contributed by atoms with van der Waals surface area (Å²) in [4.78, 5) is 12.0. The highest BCUT2D eigenvalue weighted by Gasteiger charge is 2.26. The van der Waals surface area contributed by atoms with Gasteiger partial charge in [0.15, 0.2) is 0 Å². The Morgan fingerprint density at radius 3 is 3.11 bits per heavy atom. The molecule has 2 aromatic heterocycles. The quantitative estimate of drug-likeness (QED) is 0.837. The van der Waals surface area contributed by atoms with E-state index in [1.807, 2.05) is 24.4 Å². The molecular weight excluding hydrogens is 228 g/mol. The Morgan fingerprint density at radius 2 is 2.39 bits per heavy atom. The molecule has 5 heteroatoms. The standard InChI is InChI=1S/C13H16N4O/c18-13(14-7-5-10-6-8-15-16-10)12-2-1-9-17(12)11-3-4-11/h1-2,6,8-9,11H,3-5,7H2,(H,14,18)(H,15,16). The van der Waals surface area contributed by atoms with Gasteiger partial charge in [0, 0.05) is 37.1 Å². The lowest BCUT2D eigenvalue weighted by molar-refractivity contribution is 0.0944. The van der Waals surface area contributed by atoms with Gasteiger partial charge in [-0.2, -0.15) is 5.10 Å². The Balaban J connectivity index is 1.56. The Kier molecular flexibility index (Phi) is 2.88. The van der Waals surface area contributed by atoms with Crippen molar-refractivity contribution in [2.45, 2.75) is 25.3 Å². The van der Waals surface area contributed by atoms with Crippen molar-refractivity contribution in [1.82, 2.24) is 20.1 Å². The zero-order chi connectivity index (χ0) is 12.4. The number of carbonyl (C=O) groups excluding carboxylic acids is 1. The number of nitrogens with zero attached hydrogens (tertiary/aromatic N) is 2. The summed E-state index contributed by atoms with van der Waals surface area (Å²) in [5.41, 5.74) is 1.80. The Hall–Kier alpha value is -2.04. The van der Waals surface area contributed by atoms with Gasteiger partial charge in [-0.3, -0.25) is 9.89 Å². The van der Waals surface area contributed by atoms with Gasteiger partial charge in [0.25, 0.3) is 5.91 Å². The first-order valence-corrected chi connectivity index (χ1v) is 6.28. The van der Waals surface area contributed by atoms with Crippen LogP contribution in [0.4, 0.5) is 0 Å². The molecule has 0 aliphatic heterocycles. The normalized spacial score (nSPS) is 14.7. The van der Waals surface area contributed by atoms with Crippen molar-refractivity contribution in [2.24, 2.45) is 0 Å². The first-order chi connectivity index (χ1) is 8.84. The van der Waals surface area contributed by atoms with E-state index in [1.165, 1.54) is 12.8 Å². The third-order valence-electron chi connectivity index (χ3n) is 3.19. The molecule has 1 amide bonds. The first kappa shape index (κ1) is 11.1. The van der Waals surface area contributed by atoms with E-state index in [9.17, 15) is 4.79 Å². The third kappa shape index (κ3) is 2.30. The lowest BCUT2D eigenvalue weighted by Crippen LogP contribution is -2.27. The molecule has 3 rings (SSSR count). The summed E-state index contributed by atoms with van der Waals surface area (Å²) in [6.45, 7) is 0.622. The van der Waals surface area contributed by atoms with E-state index in [-0.39, 0.29) is 5.91 Å². The summed E-state index contributed by atoms with van der Waals surface area (Å²) in [7, 11) is 0. The predicted molar refractivity (Wildman–Crippen MR) is 67.3 cm³/mol. The van der Waals surface area contributed by atoms with Gasteiger partial charge < -0.3 is 9.88 Å². The molecule has 0 bridgehead atoms. The smallest absolute Gasteiger partial charge is 0.267 e. The fourth-order valence-electron chi connectivity index (χ4n) is 2.08. The minimum atomic E-state index is 0.00594. The van der Waals surface area contributed by atoms with Crippen LogP contribution in [0.2, 0.25) is 0 Å². The van der Waals surface area contributed by atoms with Crippen LogP contribution >= 0.6 is 0 Å². The van der Waals surface area contributed by atoms with Gasteiger partial charge in [-0.15, -0.1) is 0 Å². The Labute approximate surface area is 105 Å². The van der Waals surface area contributed by atoms with E-state index in [4.69, 9.17) is 0 Å². The molecule has 0 spiro atoms. The summed E-state index contributed by atoms with van der Waals surface area (Å²) in [6, 6.07) is 6.26. The molecule has 0 unspecified atom stereocenters. The van der Waals surface area contributed by atoms with Crippen molar-refractivity contribution in [1.29, 1.82) is 0 Å². The second-order valence-corrected chi connectivity index (χ2v) is 4.62. The van der Waals surface area contributed by atoms with E-state index >= 15 is 0 Å². The molecule has 2 heterocycles. The lowest BCUT2D eigenvalue weighted by Gasteiger charge is -2.08. The van der Waals surface area contributed by atoms with Gasteiger partial charge in [0.05, 0.1) is 0 Å². The highest BCUT2D eigenvalue weighted by atomic mass is 16.1. The zero-order valence-electron chi connectivity index (χ0n) is 10.1. The van der Waals surface area contributed by atoms with Crippen molar-refractivity contribution < 1.29 is 4.79 Å². The average molecular weight is 244 g/mol. The maximum Gasteiger partial charge on any atom is 0.267 e. The number of amides is 1. The fraction of sp³-hybridized carbons (Fsp3) is 0.385. The number of H-pyrrole nitrogens is 1. The van der Waals surface area contributed by atoms with Crippen LogP contribution in [0.15, 0.2) is 30.6 Å². The van der Waals surface area contributed by atoms with Gasteiger partial charge in [-0.05, 0) is 31.0 Å². The molecule has 1 aliphatic rings. The largest absolute Gasteiger partial charge is 0.350 e. The van der Waals surface area contributed by atoms with Gasteiger partial charge >= 0.3 is 0 Å². The van der Waals surface area contributed by atoms with Crippen LogP contribution in [-0.2, 0) is 6.42 Å². The van der Waals surface area contributed by atoms with Crippen LogP contribution in [0.1, 0.15) is 35.1 Å².